The summed E-state index contributed by atoms with van der Waals surface area (Å²) in [6, 6.07) is 14.4. The molecule has 0 radical (unpaired) electrons. The van der Waals surface area contributed by atoms with Gasteiger partial charge in [0, 0.05) is 24.2 Å². The zero-order valence-corrected chi connectivity index (χ0v) is 31.0. The fraction of sp³-hybridized carbons (Fsp3) is 0.471. The molecule has 6 N–H and O–H groups in total. The summed E-state index contributed by atoms with van der Waals surface area (Å²) in [5, 5.41) is 11.8. The first-order chi connectivity index (χ1) is 24.4. The van der Waals surface area contributed by atoms with Gasteiger partial charge < -0.3 is 31.7 Å². The SMILES string of the molecule is C=N/C(=N\COCC(F)(F)F)NC1(c2ccc(Cl)cc2)CC1.C=Nc1ccc(C(=O)NCCCCNC)cc1.CC.CF.CN.CNC(=O)C=O. The summed E-state index contributed by atoms with van der Waals surface area (Å²) in [5.74, 6) is -0.463. The van der Waals surface area contributed by atoms with Crippen LogP contribution in [0.3, 0.4) is 0 Å². The van der Waals surface area contributed by atoms with Crippen LogP contribution < -0.4 is 27.0 Å². The van der Waals surface area contributed by atoms with E-state index in [2.05, 4.69) is 60.1 Å². The van der Waals surface area contributed by atoms with E-state index in [1.54, 1.807) is 36.4 Å². The number of carbonyl (C=O) groups is 3. The number of amides is 2. The number of aldehydes is 1. The van der Waals surface area contributed by atoms with E-state index in [4.69, 9.17) is 11.6 Å². The van der Waals surface area contributed by atoms with Crippen molar-refractivity contribution in [2.45, 2.75) is 51.2 Å². The monoisotopic (exact) mass is 748 g/mol. The van der Waals surface area contributed by atoms with Crippen molar-refractivity contribution < 1.29 is 36.7 Å². The summed E-state index contributed by atoms with van der Waals surface area (Å²) in [6.45, 7) is 10.7. The topological polar surface area (TPSA) is 172 Å². The van der Waals surface area contributed by atoms with Gasteiger partial charge in [-0.25, -0.2) is 9.98 Å². The lowest BCUT2D eigenvalue weighted by atomic mass is 10.1. The maximum Gasteiger partial charge on any atom is 0.411 e. The number of guanidine groups is 1. The maximum atomic E-state index is 12.0. The lowest BCUT2D eigenvalue weighted by Gasteiger charge is -2.18. The van der Waals surface area contributed by atoms with Crippen molar-refractivity contribution >= 4 is 54.8 Å². The van der Waals surface area contributed by atoms with Crippen LogP contribution in [0.5, 0.6) is 0 Å². The second kappa shape index (κ2) is 31.7. The molecule has 2 aromatic carbocycles. The molecule has 1 fully saturated rings. The van der Waals surface area contributed by atoms with Crippen molar-refractivity contribution in [2.75, 3.05) is 54.7 Å². The first kappa shape index (κ1) is 51.1. The smallest absolute Gasteiger partial charge is 0.353 e. The summed E-state index contributed by atoms with van der Waals surface area (Å²) in [6.07, 6.45) is -0.361. The molecule has 0 aliphatic heterocycles. The largest absolute Gasteiger partial charge is 0.411 e. The third-order valence-corrected chi connectivity index (χ3v) is 6.28. The van der Waals surface area contributed by atoms with Crippen molar-refractivity contribution in [3.63, 3.8) is 0 Å². The molecule has 0 aromatic heterocycles. The number of ether oxygens (including phenoxy) is 1. The van der Waals surface area contributed by atoms with Gasteiger partial charge in [0.15, 0.2) is 0 Å². The number of benzene rings is 2. The van der Waals surface area contributed by atoms with Crippen LogP contribution in [0.15, 0.2) is 63.5 Å². The average Bonchev–Trinajstić information content (AvgIpc) is 3.95. The third kappa shape index (κ3) is 25.4. The van der Waals surface area contributed by atoms with Crippen molar-refractivity contribution in [3.8, 4) is 0 Å². The normalized spacial score (nSPS) is 11.9. The highest BCUT2D eigenvalue weighted by Gasteiger charge is 2.45. The van der Waals surface area contributed by atoms with Crippen LogP contribution in [-0.2, 0) is 19.9 Å². The number of alkyl halides is 4. The quantitative estimate of drug-likeness (QED) is 0.0457. The molecule has 2 amide bonds. The summed E-state index contributed by atoms with van der Waals surface area (Å²) in [5.41, 5.74) is 6.64. The summed E-state index contributed by atoms with van der Waals surface area (Å²) in [7, 11) is 5.32. The molecule has 0 saturated heterocycles. The van der Waals surface area contributed by atoms with Gasteiger partial charge in [0.1, 0.15) is 13.3 Å². The molecule has 3 rings (SSSR count). The van der Waals surface area contributed by atoms with E-state index >= 15 is 0 Å². The van der Waals surface area contributed by atoms with E-state index in [0.717, 1.165) is 43.5 Å². The van der Waals surface area contributed by atoms with Crippen LogP contribution in [0.2, 0.25) is 5.02 Å². The molecule has 288 valence electrons. The van der Waals surface area contributed by atoms with Gasteiger partial charge in [-0.15, -0.1) is 0 Å². The number of likely N-dealkylation sites (N-methyl/N-ethyl adjacent to an activating group) is 1. The van der Waals surface area contributed by atoms with Crippen molar-refractivity contribution in [2.24, 2.45) is 20.7 Å². The van der Waals surface area contributed by atoms with Crippen LogP contribution in [0.1, 0.15) is 55.5 Å². The number of halogens is 5. The molecule has 0 atom stereocenters. The number of nitrogens with one attached hydrogen (secondary N) is 4. The highest BCUT2D eigenvalue weighted by Crippen LogP contribution is 2.45. The molecule has 1 aliphatic carbocycles. The van der Waals surface area contributed by atoms with Gasteiger partial charge in [0.2, 0.25) is 12.2 Å². The van der Waals surface area contributed by atoms with E-state index in [1.807, 2.05) is 33.0 Å². The second-order valence-corrected chi connectivity index (χ2v) is 9.89. The number of nitrogens with zero attached hydrogens (tertiary/aromatic N) is 3. The highest BCUT2D eigenvalue weighted by atomic mass is 35.5. The Labute approximate surface area is 303 Å². The van der Waals surface area contributed by atoms with Crippen molar-refractivity contribution in [1.82, 2.24) is 21.3 Å². The van der Waals surface area contributed by atoms with Gasteiger partial charge in [-0.1, -0.05) is 37.6 Å². The number of hydrogen-bond donors (Lipinski definition) is 5. The first-order valence-electron chi connectivity index (χ1n) is 15.8. The Hall–Kier alpha value is -4.25. The summed E-state index contributed by atoms with van der Waals surface area (Å²) >= 11 is 5.86. The molecule has 0 heterocycles. The number of carbonyl (C=O) groups excluding carboxylic acids is 3. The fourth-order valence-electron chi connectivity index (χ4n) is 3.50. The van der Waals surface area contributed by atoms with E-state index < -0.39 is 25.4 Å². The minimum Gasteiger partial charge on any atom is -0.353 e. The van der Waals surface area contributed by atoms with Gasteiger partial charge in [-0.05, 0) is 102 Å². The number of nitrogens with two attached hydrogens (primary N) is 1. The minimum absolute atomic E-state index is 0.0370. The molecule has 0 unspecified atom stereocenters. The number of hydrogen-bond acceptors (Lipinski definition) is 8. The van der Waals surface area contributed by atoms with Gasteiger partial charge in [-0.2, -0.15) is 13.2 Å². The van der Waals surface area contributed by atoms with Crippen LogP contribution in [-0.4, -0.2) is 98.4 Å². The Morgan fingerprint density at radius 3 is 1.94 bits per heavy atom. The number of rotatable bonds is 13. The molecular weight excluding hydrogens is 696 g/mol. The van der Waals surface area contributed by atoms with Gasteiger partial charge in [-0.3, -0.25) is 23.8 Å². The van der Waals surface area contributed by atoms with E-state index in [9.17, 15) is 31.9 Å². The number of unbranched alkanes of at least 4 members (excludes halogenated alkanes) is 1. The highest BCUT2D eigenvalue weighted by molar-refractivity contribution is 6.30. The standard InChI is InChI=1S/C14H15ClF3N3O.C13H19N3O.C3H5NO2.C2H6.CH3F.CH5N/c1-19-12(20-9-22-8-14(16,17)18)21-13(6-7-13)10-2-4-11(15)5-3-10;1-14-9-3-4-10-16-13(17)11-5-7-12(15-2)8-6-11;1-4-3(6)2-5;3*1-2/h2-5H,1,6-9H2,(H,20,21);5-8,14H,2-4,9-10H2,1H3,(H,16,17);2H,1H3,(H,4,6);1-2H3;1H3;2H2,1H3. The molecular formula is C34H53ClF4N8O4. The van der Waals surface area contributed by atoms with Gasteiger partial charge >= 0.3 is 6.18 Å². The molecule has 17 heteroatoms. The fourth-order valence-corrected chi connectivity index (χ4v) is 3.62. The van der Waals surface area contributed by atoms with Crippen molar-refractivity contribution in [1.29, 1.82) is 0 Å². The summed E-state index contributed by atoms with van der Waals surface area (Å²) in [4.78, 5) is 42.0. The Morgan fingerprint density at radius 1 is 0.980 bits per heavy atom. The van der Waals surface area contributed by atoms with Crippen LogP contribution in [0.25, 0.3) is 0 Å². The first-order valence-corrected chi connectivity index (χ1v) is 16.1. The van der Waals surface area contributed by atoms with E-state index in [0.29, 0.717) is 24.3 Å². The lowest BCUT2D eigenvalue weighted by molar-refractivity contribution is -0.173. The molecule has 0 spiro atoms. The predicted molar refractivity (Wildman–Crippen MR) is 199 cm³/mol. The molecule has 1 aliphatic rings. The molecule has 0 bridgehead atoms. The Bertz CT molecular complexity index is 1260. The minimum atomic E-state index is -4.37. The Balaban J connectivity index is -0.000000703. The second-order valence-electron chi connectivity index (χ2n) is 9.45. The molecule has 12 nitrogen and oxygen atoms in total. The zero-order chi connectivity index (χ0) is 39.7. The van der Waals surface area contributed by atoms with Gasteiger partial charge in [0.05, 0.1) is 18.4 Å². The Kier molecular flexibility index (Phi) is 31.8. The molecule has 2 aromatic rings. The lowest BCUT2D eigenvalue weighted by Crippen LogP contribution is -2.34. The van der Waals surface area contributed by atoms with Crippen molar-refractivity contribution in [3.05, 3.63) is 64.7 Å². The zero-order valence-electron chi connectivity index (χ0n) is 30.2. The number of aliphatic imine (C=N–C) groups is 3. The van der Waals surface area contributed by atoms with E-state index in [-0.39, 0.29) is 23.7 Å². The third-order valence-electron chi connectivity index (χ3n) is 6.02. The Morgan fingerprint density at radius 2 is 1.53 bits per heavy atom. The summed E-state index contributed by atoms with van der Waals surface area (Å²) < 4.78 is 49.8. The van der Waals surface area contributed by atoms with Crippen LogP contribution >= 0.6 is 11.6 Å². The van der Waals surface area contributed by atoms with Gasteiger partial charge in [0.25, 0.3) is 11.8 Å². The predicted octanol–water partition coefficient (Wildman–Crippen LogP) is 5.38. The average molecular weight is 749 g/mol. The van der Waals surface area contributed by atoms with Crippen LogP contribution in [0.4, 0.5) is 23.2 Å². The molecule has 51 heavy (non-hydrogen) atoms. The maximum absolute atomic E-state index is 12.0. The van der Waals surface area contributed by atoms with Crippen LogP contribution in [0, 0.1) is 0 Å². The molecule has 1 saturated carbocycles. The van der Waals surface area contributed by atoms with E-state index in [1.165, 1.54) is 14.1 Å².